The largest absolute Gasteiger partial charge is 0.395 e. The number of nitrogens with one attached hydrogen (secondary N) is 1. The Morgan fingerprint density at radius 3 is 2.73 bits per heavy atom. The fourth-order valence-corrected chi connectivity index (χ4v) is 3.54. The zero-order valence-electron chi connectivity index (χ0n) is 13.5. The van der Waals surface area contributed by atoms with E-state index in [1.54, 1.807) is 22.8 Å². The maximum Gasteiger partial charge on any atom is 0.245 e. The van der Waals surface area contributed by atoms with Crippen LogP contribution < -0.4 is 5.32 Å². The third-order valence-electron chi connectivity index (χ3n) is 3.62. The zero-order valence-corrected chi connectivity index (χ0v) is 15.0. The molecule has 2 heterocycles. The number of fused-ring (bicyclic) bond motifs is 1. The number of hydrogen-bond donors (Lipinski definition) is 2. The van der Waals surface area contributed by atoms with Crippen LogP contribution in [0.2, 0.25) is 5.02 Å². The molecule has 0 saturated heterocycles. The zero-order chi connectivity index (χ0) is 18.7. The number of carbonyl (C=O) groups is 1. The molecule has 0 aliphatic carbocycles. The van der Waals surface area contributed by atoms with Gasteiger partial charge in [-0.05, 0) is 30.3 Å². The highest BCUT2D eigenvalue weighted by Gasteiger charge is 2.16. The molecule has 0 unspecified atom stereocenters. The summed E-state index contributed by atoms with van der Waals surface area (Å²) in [4.78, 5) is 20.4. The Kier molecular flexibility index (Phi) is 5.21. The normalized spacial score (nSPS) is 11.6. The van der Waals surface area contributed by atoms with Crippen molar-refractivity contribution in [2.75, 3.05) is 17.7 Å². The second-order valence-electron chi connectivity index (χ2n) is 5.48. The van der Waals surface area contributed by atoms with E-state index < -0.39 is 16.4 Å². The molecule has 0 fully saturated rings. The number of benzene rings is 1. The van der Waals surface area contributed by atoms with Gasteiger partial charge in [-0.25, -0.2) is 18.4 Å². The van der Waals surface area contributed by atoms with E-state index in [1.807, 2.05) is 0 Å². The molecule has 1 amide bonds. The Labute approximate surface area is 154 Å². The summed E-state index contributed by atoms with van der Waals surface area (Å²) in [5.74, 6) is -0.285. The van der Waals surface area contributed by atoms with Crippen LogP contribution in [0.4, 0.5) is 5.82 Å². The number of rotatable bonds is 6. The SMILES string of the molecule is O=C(Cn1cnc2cc(S(=O)(=O)CCO)ccc21)Nc1ccc(Cl)cn1. The van der Waals surface area contributed by atoms with Crippen molar-refractivity contribution in [1.29, 1.82) is 0 Å². The molecule has 3 aromatic rings. The van der Waals surface area contributed by atoms with Gasteiger partial charge in [0.1, 0.15) is 12.4 Å². The van der Waals surface area contributed by atoms with E-state index in [9.17, 15) is 13.2 Å². The lowest BCUT2D eigenvalue weighted by molar-refractivity contribution is -0.116. The lowest BCUT2D eigenvalue weighted by Gasteiger charge is -2.07. The summed E-state index contributed by atoms with van der Waals surface area (Å²) in [6, 6.07) is 7.65. The third kappa shape index (κ3) is 4.01. The molecule has 0 spiro atoms. The number of pyridine rings is 1. The van der Waals surface area contributed by atoms with Crippen LogP contribution in [-0.4, -0.2) is 46.3 Å². The summed E-state index contributed by atoms with van der Waals surface area (Å²) in [5.41, 5.74) is 1.06. The van der Waals surface area contributed by atoms with Gasteiger partial charge in [-0.1, -0.05) is 11.6 Å². The van der Waals surface area contributed by atoms with Gasteiger partial charge in [-0.15, -0.1) is 0 Å². The van der Waals surface area contributed by atoms with Crippen LogP contribution in [0.1, 0.15) is 0 Å². The molecule has 136 valence electrons. The number of halogens is 1. The molecule has 10 heteroatoms. The van der Waals surface area contributed by atoms with E-state index in [1.165, 1.54) is 24.7 Å². The molecule has 2 aromatic heterocycles. The number of aliphatic hydroxyl groups is 1. The van der Waals surface area contributed by atoms with Gasteiger partial charge in [0.25, 0.3) is 0 Å². The maximum atomic E-state index is 12.2. The van der Waals surface area contributed by atoms with Gasteiger partial charge < -0.3 is 15.0 Å². The van der Waals surface area contributed by atoms with Crippen molar-refractivity contribution in [2.24, 2.45) is 0 Å². The molecule has 8 nitrogen and oxygen atoms in total. The van der Waals surface area contributed by atoms with Crippen molar-refractivity contribution < 1.29 is 18.3 Å². The Hall–Kier alpha value is -2.49. The minimum absolute atomic E-state index is 0.0104. The van der Waals surface area contributed by atoms with Gasteiger partial charge in [0.15, 0.2) is 9.84 Å². The summed E-state index contributed by atoms with van der Waals surface area (Å²) < 4.78 is 25.6. The number of amides is 1. The van der Waals surface area contributed by atoms with E-state index in [0.717, 1.165) is 0 Å². The smallest absolute Gasteiger partial charge is 0.245 e. The average Bonchev–Trinajstić information content (AvgIpc) is 2.99. The van der Waals surface area contributed by atoms with Crippen LogP contribution in [-0.2, 0) is 21.2 Å². The lowest BCUT2D eigenvalue weighted by atomic mass is 10.3. The molecule has 3 rings (SSSR count). The third-order valence-corrected chi connectivity index (χ3v) is 5.54. The number of sulfone groups is 1. The van der Waals surface area contributed by atoms with Gasteiger partial charge in [0.05, 0.1) is 39.6 Å². The lowest BCUT2D eigenvalue weighted by Crippen LogP contribution is -2.18. The molecule has 0 atom stereocenters. The first-order chi connectivity index (χ1) is 12.4. The summed E-state index contributed by atoms with van der Waals surface area (Å²) in [5, 5.41) is 12.0. The number of aliphatic hydroxyl groups excluding tert-OH is 1. The second kappa shape index (κ2) is 7.40. The van der Waals surface area contributed by atoms with Crippen LogP contribution in [0.15, 0.2) is 47.8 Å². The van der Waals surface area contributed by atoms with Crippen molar-refractivity contribution in [3.8, 4) is 0 Å². The van der Waals surface area contributed by atoms with E-state index >= 15 is 0 Å². The fourth-order valence-electron chi connectivity index (χ4n) is 2.39. The molecule has 0 bridgehead atoms. The van der Waals surface area contributed by atoms with Crippen molar-refractivity contribution in [3.63, 3.8) is 0 Å². The van der Waals surface area contributed by atoms with Crippen LogP contribution in [0.25, 0.3) is 11.0 Å². The van der Waals surface area contributed by atoms with Crippen LogP contribution in [0, 0.1) is 0 Å². The van der Waals surface area contributed by atoms with Gasteiger partial charge in [0.2, 0.25) is 5.91 Å². The van der Waals surface area contributed by atoms with Crippen LogP contribution in [0.3, 0.4) is 0 Å². The van der Waals surface area contributed by atoms with E-state index in [0.29, 0.717) is 21.9 Å². The van der Waals surface area contributed by atoms with E-state index in [-0.39, 0.29) is 23.1 Å². The van der Waals surface area contributed by atoms with Gasteiger partial charge in [-0.2, -0.15) is 0 Å². The van der Waals surface area contributed by atoms with Crippen molar-refractivity contribution in [1.82, 2.24) is 14.5 Å². The highest BCUT2D eigenvalue weighted by atomic mass is 35.5. The molecular weight excluding hydrogens is 380 g/mol. The Balaban J connectivity index is 1.78. The topological polar surface area (TPSA) is 114 Å². The van der Waals surface area contributed by atoms with Gasteiger partial charge >= 0.3 is 0 Å². The maximum absolute atomic E-state index is 12.2. The second-order valence-corrected chi connectivity index (χ2v) is 8.02. The molecule has 0 aliphatic heterocycles. The minimum Gasteiger partial charge on any atom is -0.395 e. The van der Waals surface area contributed by atoms with E-state index in [4.69, 9.17) is 16.7 Å². The minimum atomic E-state index is -3.56. The van der Waals surface area contributed by atoms with Crippen molar-refractivity contribution in [2.45, 2.75) is 11.4 Å². The highest BCUT2D eigenvalue weighted by molar-refractivity contribution is 7.91. The highest BCUT2D eigenvalue weighted by Crippen LogP contribution is 2.19. The van der Waals surface area contributed by atoms with Crippen LogP contribution in [0.5, 0.6) is 0 Å². The predicted octanol–water partition coefficient (Wildman–Crippen LogP) is 1.49. The Morgan fingerprint density at radius 1 is 1.23 bits per heavy atom. The molecule has 0 radical (unpaired) electrons. The standard InChI is InChI=1S/C16H15ClN4O4S/c17-11-1-4-15(18-8-11)20-16(23)9-21-10-19-13-7-12(2-3-14(13)21)26(24,25)6-5-22/h1-4,7-8,10,22H,5-6,9H2,(H,18,20,23). The molecule has 2 N–H and O–H groups in total. The first kappa shape index (κ1) is 18.3. The first-order valence-corrected chi connectivity index (χ1v) is 9.62. The van der Waals surface area contributed by atoms with Crippen molar-refractivity contribution in [3.05, 3.63) is 47.9 Å². The Morgan fingerprint density at radius 2 is 2.04 bits per heavy atom. The number of hydrogen-bond acceptors (Lipinski definition) is 6. The number of carbonyl (C=O) groups excluding carboxylic acids is 1. The Bertz CT molecular complexity index is 1050. The number of aromatic nitrogens is 3. The van der Waals surface area contributed by atoms with Gasteiger partial charge in [-0.3, -0.25) is 4.79 Å². The van der Waals surface area contributed by atoms with Crippen LogP contribution >= 0.6 is 11.6 Å². The van der Waals surface area contributed by atoms with Crippen molar-refractivity contribution >= 4 is 44.2 Å². The molecule has 1 aromatic carbocycles. The summed E-state index contributed by atoms with van der Waals surface area (Å²) >= 11 is 5.75. The number of nitrogens with zero attached hydrogens (tertiary/aromatic N) is 3. The first-order valence-electron chi connectivity index (χ1n) is 7.59. The molecule has 0 aliphatic rings. The molecular formula is C16H15ClN4O4S. The summed E-state index contributed by atoms with van der Waals surface area (Å²) in [6.07, 6.45) is 2.89. The fraction of sp³-hybridized carbons (Fsp3) is 0.188. The van der Waals surface area contributed by atoms with E-state index in [2.05, 4.69) is 15.3 Å². The summed E-state index contributed by atoms with van der Waals surface area (Å²) in [6.45, 7) is -0.461. The molecule has 26 heavy (non-hydrogen) atoms. The van der Waals surface area contributed by atoms with Gasteiger partial charge in [0, 0.05) is 6.20 Å². The predicted molar refractivity (Wildman–Crippen MR) is 96.7 cm³/mol. The monoisotopic (exact) mass is 394 g/mol. The number of imidazole rings is 1. The quantitative estimate of drug-likeness (QED) is 0.654. The number of anilines is 1. The summed E-state index contributed by atoms with van der Waals surface area (Å²) in [7, 11) is -3.56. The average molecular weight is 395 g/mol. The molecule has 0 saturated carbocycles.